The summed E-state index contributed by atoms with van der Waals surface area (Å²) in [4.78, 5) is 8.05. The van der Waals surface area contributed by atoms with E-state index in [0.29, 0.717) is 5.82 Å². The molecule has 0 bridgehead atoms. The Morgan fingerprint density at radius 1 is 1.45 bits per heavy atom. The molecule has 2 rings (SSSR count). The molecule has 2 aromatic rings. The number of nitrogens with zero attached hydrogens (tertiary/aromatic N) is 3. The number of imidazole rings is 1. The molecule has 2 heterocycles. The Bertz CT molecular complexity index is 712. The van der Waals surface area contributed by atoms with Crippen molar-refractivity contribution in [2.45, 2.75) is 31.8 Å². The number of sulfonamides is 1. The molecule has 8 heteroatoms. The van der Waals surface area contributed by atoms with Crippen molar-refractivity contribution in [3.63, 3.8) is 0 Å². The molecule has 20 heavy (non-hydrogen) atoms. The molecule has 1 N–H and O–H groups in total. The van der Waals surface area contributed by atoms with Gasteiger partial charge in [-0.1, -0.05) is 22.9 Å². The monoisotopic (exact) mass is 358 g/mol. The molecule has 0 aliphatic rings. The number of pyridine rings is 1. The smallest absolute Gasteiger partial charge is 0.282 e. The fourth-order valence-corrected chi connectivity index (χ4v) is 3.07. The second-order valence-corrected chi connectivity index (χ2v) is 6.83. The molecule has 0 spiro atoms. The van der Waals surface area contributed by atoms with Crippen molar-refractivity contribution in [3.8, 4) is 0 Å². The van der Waals surface area contributed by atoms with E-state index in [-0.39, 0.29) is 10.8 Å². The van der Waals surface area contributed by atoms with Crippen molar-refractivity contribution in [2.24, 2.45) is 0 Å². The summed E-state index contributed by atoms with van der Waals surface area (Å²) in [6, 6.07) is 3.31. The van der Waals surface area contributed by atoms with Crippen LogP contribution in [-0.2, 0) is 16.6 Å². The van der Waals surface area contributed by atoms with E-state index in [4.69, 9.17) is 0 Å². The molecule has 0 aromatic carbocycles. The number of hydrogen-bond donors (Lipinski definition) is 1. The first-order valence-electron chi connectivity index (χ1n) is 6.10. The van der Waals surface area contributed by atoms with E-state index >= 15 is 0 Å². The van der Waals surface area contributed by atoms with E-state index in [1.165, 1.54) is 6.20 Å². The van der Waals surface area contributed by atoms with Gasteiger partial charge in [0.1, 0.15) is 11.6 Å². The van der Waals surface area contributed by atoms with Gasteiger partial charge in [0.25, 0.3) is 10.0 Å². The number of aryl methyl sites for hydroxylation is 2. The van der Waals surface area contributed by atoms with Gasteiger partial charge in [0.15, 0.2) is 5.03 Å². The molecule has 108 valence electrons. The van der Waals surface area contributed by atoms with Gasteiger partial charge in [0, 0.05) is 23.4 Å². The largest absolute Gasteiger partial charge is 0.334 e. The van der Waals surface area contributed by atoms with Crippen LogP contribution in [0.15, 0.2) is 34.0 Å². The maximum Gasteiger partial charge on any atom is 0.282 e. The number of aromatic nitrogens is 3. The third-order valence-electron chi connectivity index (χ3n) is 2.65. The summed E-state index contributed by atoms with van der Waals surface area (Å²) in [5.74, 6) is 0.927. The summed E-state index contributed by atoms with van der Waals surface area (Å²) in [7, 11) is -3.72. The van der Waals surface area contributed by atoms with Gasteiger partial charge in [-0.05, 0) is 25.5 Å². The van der Waals surface area contributed by atoms with Crippen LogP contribution in [0.4, 0.5) is 5.82 Å². The molecule has 0 atom stereocenters. The van der Waals surface area contributed by atoms with Crippen LogP contribution in [0.1, 0.15) is 19.2 Å². The van der Waals surface area contributed by atoms with Gasteiger partial charge >= 0.3 is 0 Å². The SMILES string of the molecule is CCCn1cc(S(=O)(=O)Nc2cc(Br)ccn2)nc1C. The number of hydrogen-bond acceptors (Lipinski definition) is 4. The predicted molar refractivity (Wildman–Crippen MR) is 80.0 cm³/mol. The van der Waals surface area contributed by atoms with Gasteiger partial charge in [-0.2, -0.15) is 8.42 Å². The second kappa shape index (κ2) is 5.92. The number of nitrogens with one attached hydrogen (secondary N) is 1. The third kappa shape index (κ3) is 3.37. The molecular formula is C12H15BrN4O2S. The average molecular weight is 359 g/mol. The van der Waals surface area contributed by atoms with Crippen molar-refractivity contribution >= 4 is 31.8 Å². The first-order valence-corrected chi connectivity index (χ1v) is 8.38. The minimum absolute atomic E-state index is 0.00484. The molecular weight excluding hydrogens is 344 g/mol. The van der Waals surface area contributed by atoms with Gasteiger partial charge in [-0.25, -0.2) is 9.97 Å². The van der Waals surface area contributed by atoms with E-state index in [9.17, 15) is 8.42 Å². The van der Waals surface area contributed by atoms with Crippen LogP contribution in [0.5, 0.6) is 0 Å². The number of anilines is 1. The van der Waals surface area contributed by atoms with Crippen LogP contribution >= 0.6 is 15.9 Å². The van der Waals surface area contributed by atoms with E-state index in [0.717, 1.165) is 17.4 Å². The minimum Gasteiger partial charge on any atom is -0.334 e. The zero-order valence-corrected chi connectivity index (χ0v) is 13.6. The van der Waals surface area contributed by atoms with E-state index < -0.39 is 10.0 Å². The first kappa shape index (κ1) is 15.0. The Balaban J connectivity index is 2.28. The third-order valence-corrected chi connectivity index (χ3v) is 4.37. The standard InChI is InChI=1S/C12H15BrN4O2S/c1-3-6-17-8-12(15-9(17)2)20(18,19)16-11-7-10(13)4-5-14-11/h4-5,7-8H,3,6H2,1-2H3,(H,14,16). The molecule has 0 saturated heterocycles. The van der Waals surface area contributed by atoms with Gasteiger partial charge in [-0.15, -0.1) is 0 Å². The summed E-state index contributed by atoms with van der Waals surface area (Å²) >= 11 is 3.27. The van der Waals surface area contributed by atoms with Gasteiger partial charge in [-0.3, -0.25) is 4.72 Å². The lowest BCUT2D eigenvalue weighted by Crippen LogP contribution is -2.14. The Morgan fingerprint density at radius 2 is 2.20 bits per heavy atom. The number of halogens is 1. The van der Waals surface area contributed by atoms with Crippen molar-refractivity contribution in [2.75, 3.05) is 4.72 Å². The Morgan fingerprint density at radius 3 is 2.85 bits per heavy atom. The lowest BCUT2D eigenvalue weighted by molar-refractivity contribution is 0.597. The Hall–Kier alpha value is -1.41. The zero-order chi connectivity index (χ0) is 14.8. The van der Waals surface area contributed by atoms with Gasteiger partial charge < -0.3 is 4.57 Å². The quantitative estimate of drug-likeness (QED) is 0.890. The average Bonchev–Trinajstić information content (AvgIpc) is 2.72. The highest BCUT2D eigenvalue weighted by atomic mass is 79.9. The lowest BCUT2D eigenvalue weighted by atomic mass is 10.5. The fraction of sp³-hybridized carbons (Fsp3) is 0.333. The zero-order valence-electron chi connectivity index (χ0n) is 11.2. The van der Waals surface area contributed by atoms with E-state index in [1.54, 1.807) is 25.3 Å². The van der Waals surface area contributed by atoms with Crippen molar-refractivity contribution in [1.82, 2.24) is 14.5 Å². The van der Waals surface area contributed by atoms with Crippen LogP contribution in [0.3, 0.4) is 0 Å². The van der Waals surface area contributed by atoms with Crippen LogP contribution in [0.2, 0.25) is 0 Å². The Kier molecular flexibility index (Phi) is 4.44. The van der Waals surface area contributed by atoms with Crippen molar-refractivity contribution in [3.05, 3.63) is 34.8 Å². The normalized spacial score (nSPS) is 11.6. The van der Waals surface area contributed by atoms with Crippen LogP contribution in [0, 0.1) is 6.92 Å². The minimum atomic E-state index is -3.72. The summed E-state index contributed by atoms with van der Waals surface area (Å²) in [5.41, 5.74) is 0. The molecule has 0 unspecified atom stereocenters. The number of rotatable bonds is 5. The van der Waals surface area contributed by atoms with Crippen LogP contribution < -0.4 is 4.72 Å². The predicted octanol–water partition coefficient (Wildman–Crippen LogP) is 2.56. The summed E-state index contributed by atoms with van der Waals surface area (Å²) < 4.78 is 29.5. The molecule has 2 aromatic heterocycles. The maximum absolute atomic E-state index is 12.2. The molecule has 0 saturated carbocycles. The molecule has 0 fully saturated rings. The lowest BCUT2D eigenvalue weighted by Gasteiger charge is -2.04. The highest BCUT2D eigenvalue weighted by Crippen LogP contribution is 2.17. The summed E-state index contributed by atoms with van der Waals surface area (Å²) in [6.07, 6.45) is 3.97. The maximum atomic E-state index is 12.2. The van der Waals surface area contributed by atoms with Crippen LogP contribution in [-0.4, -0.2) is 23.0 Å². The topological polar surface area (TPSA) is 76.9 Å². The van der Waals surface area contributed by atoms with Gasteiger partial charge in [0.2, 0.25) is 0 Å². The summed E-state index contributed by atoms with van der Waals surface area (Å²) in [5, 5.41) is 0.00484. The Labute approximate surface area is 126 Å². The molecule has 0 radical (unpaired) electrons. The van der Waals surface area contributed by atoms with Gasteiger partial charge in [0.05, 0.1) is 0 Å². The highest BCUT2D eigenvalue weighted by Gasteiger charge is 2.19. The molecule has 0 aliphatic heterocycles. The van der Waals surface area contributed by atoms with E-state index in [1.807, 2.05) is 11.5 Å². The fourth-order valence-electron chi connectivity index (χ4n) is 1.73. The van der Waals surface area contributed by atoms with E-state index in [2.05, 4.69) is 30.6 Å². The molecule has 0 amide bonds. The van der Waals surface area contributed by atoms with Crippen LogP contribution in [0.25, 0.3) is 0 Å². The summed E-state index contributed by atoms with van der Waals surface area (Å²) in [6.45, 7) is 4.55. The molecule has 0 aliphatic carbocycles. The molecule has 6 nitrogen and oxygen atoms in total. The van der Waals surface area contributed by atoms with Crippen molar-refractivity contribution < 1.29 is 8.42 Å². The first-order chi connectivity index (χ1) is 9.42. The second-order valence-electron chi connectivity index (χ2n) is 4.28. The highest BCUT2D eigenvalue weighted by molar-refractivity contribution is 9.10. The van der Waals surface area contributed by atoms with Crippen molar-refractivity contribution in [1.29, 1.82) is 0 Å².